The van der Waals surface area contributed by atoms with E-state index in [0.717, 1.165) is 0 Å². The summed E-state index contributed by atoms with van der Waals surface area (Å²) < 4.78 is 0. The zero-order valence-corrected chi connectivity index (χ0v) is 11.1. The molecular weight excluding hydrogens is 208 g/mol. The van der Waals surface area contributed by atoms with Gasteiger partial charge >= 0.3 is 0 Å². The van der Waals surface area contributed by atoms with E-state index < -0.39 is 7.38 Å². The predicted molar refractivity (Wildman–Crippen MR) is 68.5 cm³/mol. The average molecular weight is 229 g/mol. The van der Waals surface area contributed by atoms with Gasteiger partial charge in [0.1, 0.15) is 7.38 Å². The lowest BCUT2D eigenvalue weighted by Crippen LogP contribution is -2.14. The highest BCUT2D eigenvalue weighted by molar-refractivity contribution is 7.19. The Labute approximate surface area is 93.8 Å². The lowest BCUT2D eigenvalue weighted by atomic mass is 10.1. The molecule has 0 N–H and O–H groups in total. The van der Waals surface area contributed by atoms with Crippen molar-refractivity contribution in [3.8, 4) is 0 Å². The topological polar surface area (TPSA) is 0 Å². The fraction of sp³-hybridized carbons (Fsp3) is 0.667. The van der Waals surface area contributed by atoms with Crippen molar-refractivity contribution in [1.82, 2.24) is 0 Å². The van der Waals surface area contributed by atoms with Crippen molar-refractivity contribution in [2.75, 3.05) is 0 Å². The molecule has 1 rings (SSSR count). The van der Waals surface area contributed by atoms with Gasteiger partial charge in [-0.25, -0.2) is 0 Å². The third-order valence-electron chi connectivity index (χ3n) is 2.62. The molecular formula is C12H21ClSi. The normalized spacial score (nSPS) is 16.1. The summed E-state index contributed by atoms with van der Waals surface area (Å²) in [5.41, 5.74) is 1.60. The molecule has 0 aliphatic heterocycles. The fourth-order valence-electron chi connectivity index (χ4n) is 1.75. The maximum absolute atomic E-state index is 6.26. The van der Waals surface area contributed by atoms with Crippen molar-refractivity contribution in [2.24, 2.45) is 0 Å². The number of hydrogen-bond acceptors (Lipinski definition) is 0. The first-order chi connectivity index (χ1) is 6.58. The van der Waals surface area contributed by atoms with Crippen LogP contribution in [0.4, 0.5) is 0 Å². The number of halogens is 1. The van der Waals surface area contributed by atoms with Gasteiger partial charge in [0.2, 0.25) is 0 Å². The van der Waals surface area contributed by atoms with Crippen LogP contribution in [0.2, 0.25) is 19.1 Å². The minimum Gasteiger partial charge on any atom is -0.168 e. The molecule has 0 aromatic heterocycles. The highest BCUT2D eigenvalue weighted by atomic mass is 35.6. The Balaban J connectivity index is 1.95. The van der Waals surface area contributed by atoms with Crippen LogP contribution in [-0.4, -0.2) is 7.38 Å². The van der Waals surface area contributed by atoms with Crippen LogP contribution in [0.5, 0.6) is 0 Å². The Morgan fingerprint density at radius 1 is 1.29 bits per heavy atom. The van der Waals surface area contributed by atoms with E-state index >= 15 is 0 Å². The van der Waals surface area contributed by atoms with E-state index in [1.165, 1.54) is 38.1 Å². The number of unbranched alkanes of at least 4 members (excludes halogenated alkanes) is 2. The van der Waals surface area contributed by atoms with Gasteiger partial charge in [-0.2, -0.15) is 11.1 Å². The third-order valence-corrected chi connectivity index (χ3v) is 4.73. The summed E-state index contributed by atoms with van der Waals surface area (Å²) in [6.07, 6.45) is 13.2. The molecule has 0 spiro atoms. The van der Waals surface area contributed by atoms with E-state index in [0.29, 0.717) is 0 Å². The van der Waals surface area contributed by atoms with Gasteiger partial charge < -0.3 is 0 Å². The number of hydrogen-bond donors (Lipinski definition) is 0. The standard InChI is InChI=1S/C12H21ClSi/c1-14(2,13)11-7-3-4-8-12-9-5-6-10-12/h5-6,9H,3-4,7-8,10-11H2,1-2H3. The minimum absolute atomic E-state index is 1.19. The van der Waals surface area contributed by atoms with E-state index in [2.05, 4.69) is 31.3 Å². The quantitative estimate of drug-likeness (QED) is 0.346. The van der Waals surface area contributed by atoms with E-state index in [4.69, 9.17) is 11.1 Å². The minimum atomic E-state index is -1.29. The summed E-state index contributed by atoms with van der Waals surface area (Å²) in [5, 5.41) is 0. The van der Waals surface area contributed by atoms with E-state index in [1.54, 1.807) is 5.57 Å². The second kappa shape index (κ2) is 5.77. The summed E-state index contributed by atoms with van der Waals surface area (Å²) in [4.78, 5) is 0. The summed E-state index contributed by atoms with van der Waals surface area (Å²) in [5.74, 6) is 0. The molecule has 0 unspecified atom stereocenters. The second-order valence-electron chi connectivity index (χ2n) is 4.74. The third kappa shape index (κ3) is 5.66. The molecule has 0 fully saturated rings. The van der Waals surface area contributed by atoms with Crippen LogP contribution < -0.4 is 0 Å². The first-order valence-corrected chi connectivity index (χ1v) is 9.83. The summed E-state index contributed by atoms with van der Waals surface area (Å²) in [7, 11) is -1.29. The molecule has 0 saturated heterocycles. The second-order valence-corrected chi connectivity index (χ2v) is 11.7. The molecule has 1 aliphatic carbocycles. The Morgan fingerprint density at radius 2 is 2.07 bits per heavy atom. The van der Waals surface area contributed by atoms with Gasteiger partial charge in [0, 0.05) is 0 Å². The molecule has 0 amide bonds. The van der Waals surface area contributed by atoms with Gasteiger partial charge in [0.05, 0.1) is 0 Å². The van der Waals surface area contributed by atoms with Crippen LogP contribution in [0.25, 0.3) is 0 Å². The highest BCUT2D eigenvalue weighted by Gasteiger charge is 2.15. The smallest absolute Gasteiger partial charge is 0.150 e. The summed E-state index contributed by atoms with van der Waals surface area (Å²) >= 11 is 6.26. The van der Waals surface area contributed by atoms with Crippen LogP contribution >= 0.6 is 11.1 Å². The van der Waals surface area contributed by atoms with Crippen LogP contribution in [0, 0.1) is 0 Å². The van der Waals surface area contributed by atoms with Gasteiger partial charge in [0.15, 0.2) is 0 Å². The molecule has 14 heavy (non-hydrogen) atoms. The van der Waals surface area contributed by atoms with Gasteiger partial charge in [-0.3, -0.25) is 0 Å². The average Bonchev–Trinajstić information content (AvgIpc) is 2.54. The lowest BCUT2D eigenvalue weighted by Gasteiger charge is -2.11. The van der Waals surface area contributed by atoms with Crippen molar-refractivity contribution < 1.29 is 0 Å². The molecule has 1 aliphatic rings. The molecule has 0 nitrogen and oxygen atoms in total. The maximum atomic E-state index is 6.26. The van der Waals surface area contributed by atoms with Crippen LogP contribution in [0.1, 0.15) is 32.1 Å². The molecule has 2 heteroatoms. The van der Waals surface area contributed by atoms with E-state index in [-0.39, 0.29) is 0 Å². The zero-order valence-electron chi connectivity index (χ0n) is 9.35. The van der Waals surface area contributed by atoms with Crippen molar-refractivity contribution in [3.63, 3.8) is 0 Å². The molecule has 0 atom stereocenters. The first-order valence-electron chi connectivity index (χ1n) is 5.61. The van der Waals surface area contributed by atoms with Gasteiger partial charge in [-0.15, -0.1) is 0 Å². The van der Waals surface area contributed by atoms with Crippen molar-refractivity contribution >= 4 is 18.5 Å². The Kier molecular flexibility index (Phi) is 4.97. The molecule has 0 heterocycles. The molecule has 0 saturated carbocycles. The number of rotatable bonds is 6. The van der Waals surface area contributed by atoms with E-state index in [1.807, 2.05) is 0 Å². The largest absolute Gasteiger partial charge is 0.168 e. The predicted octanol–water partition coefficient (Wildman–Crippen LogP) is 4.88. The first kappa shape index (κ1) is 12.1. The molecule has 0 bridgehead atoms. The Morgan fingerprint density at radius 3 is 2.64 bits per heavy atom. The van der Waals surface area contributed by atoms with Crippen LogP contribution in [0.3, 0.4) is 0 Å². The summed E-state index contributed by atoms with van der Waals surface area (Å²) in [6, 6.07) is 1.27. The summed E-state index contributed by atoms with van der Waals surface area (Å²) in [6.45, 7) is 4.47. The van der Waals surface area contributed by atoms with Crippen molar-refractivity contribution in [3.05, 3.63) is 23.8 Å². The molecule has 80 valence electrons. The van der Waals surface area contributed by atoms with Crippen molar-refractivity contribution in [1.29, 1.82) is 0 Å². The monoisotopic (exact) mass is 228 g/mol. The zero-order chi connectivity index (χ0) is 10.4. The molecule has 0 aromatic rings. The Hall–Kier alpha value is -0.0131. The Bertz CT molecular complexity index is 223. The molecule has 0 aromatic carbocycles. The SMILES string of the molecule is C[Si](C)(Cl)CCCCCC1=CC=CC1. The fourth-order valence-corrected chi connectivity index (χ4v) is 3.24. The van der Waals surface area contributed by atoms with Crippen LogP contribution in [-0.2, 0) is 0 Å². The van der Waals surface area contributed by atoms with Crippen LogP contribution in [0.15, 0.2) is 23.8 Å². The van der Waals surface area contributed by atoms with Gasteiger partial charge in [-0.1, -0.05) is 49.7 Å². The maximum Gasteiger partial charge on any atom is 0.150 e. The van der Waals surface area contributed by atoms with E-state index in [9.17, 15) is 0 Å². The number of allylic oxidation sites excluding steroid dienone is 4. The van der Waals surface area contributed by atoms with Crippen molar-refractivity contribution in [2.45, 2.75) is 51.2 Å². The highest BCUT2D eigenvalue weighted by Crippen LogP contribution is 2.21. The molecule has 0 radical (unpaired) electrons. The van der Waals surface area contributed by atoms with Gasteiger partial charge in [0.25, 0.3) is 0 Å². The lowest BCUT2D eigenvalue weighted by molar-refractivity contribution is 0.705. The van der Waals surface area contributed by atoms with Gasteiger partial charge in [-0.05, 0) is 25.3 Å².